The summed E-state index contributed by atoms with van der Waals surface area (Å²) in [5, 5.41) is 0.656. The molecule has 1 aromatic heterocycles. The molecule has 0 radical (unpaired) electrons. The first kappa shape index (κ1) is 10.2. The molecule has 0 fully saturated rings. The molecule has 0 amide bonds. The maximum atomic E-state index is 5.77. The fourth-order valence-electron chi connectivity index (χ4n) is 0.938. The van der Waals surface area contributed by atoms with Crippen molar-refractivity contribution in [1.82, 2.24) is 4.98 Å². The van der Waals surface area contributed by atoms with Gasteiger partial charge in [0.2, 0.25) is 0 Å². The van der Waals surface area contributed by atoms with Crippen molar-refractivity contribution in [3.8, 4) is 0 Å². The minimum absolute atomic E-state index is 0.198. The Morgan fingerprint density at radius 1 is 1.62 bits per heavy atom. The van der Waals surface area contributed by atoms with Gasteiger partial charge >= 0.3 is 0 Å². The zero-order chi connectivity index (χ0) is 9.68. The van der Waals surface area contributed by atoms with Crippen molar-refractivity contribution in [3.05, 3.63) is 35.1 Å². The Morgan fingerprint density at radius 3 is 3.00 bits per heavy atom. The van der Waals surface area contributed by atoms with E-state index in [1.807, 2.05) is 25.1 Å². The average molecular weight is 197 g/mol. The van der Waals surface area contributed by atoms with Crippen LogP contribution in [-0.4, -0.2) is 11.0 Å². The minimum atomic E-state index is 0.198. The summed E-state index contributed by atoms with van der Waals surface area (Å²) < 4.78 is 0. The largest absolute Gasteiger partial charge is 0.328 e. The van der Waals surface area contributed by atoms with E-state index in [1.165, 1.54) is 0 Å². The monoisotopic (exact) mass is 196 g/mol. The highest BCUT2D eigenvalue weighted by Crippen LogP contribution is 2.09. The van der Waals surface area contributed by atoms with Crippen LogP contribution in [0.5, 0.6) is 0 Å². The predicted molar refractivity (Wildman–Crippen MR) is 56.5 cm³/mol. The summed E-state index contributed by atoms with van der Waals surface area (Å²) in [5.74, 6) is 0. The number of rotatable bonds is 3. The Morgan fingerprint density at radius 2 is 2.38 bits per heavy atom. The number of hydrogen-bond acceptors (Lipinski definition) is 2. The van der Waals surface area contributed by atoms with Crippen molar-refractivity contribution in [3.63, 3.8) is 0 Å². The standard InChI is InChI=1S/C10H13ClN2/c1-8(12)3-2-4-9-5-10(11)7-13-6-9/h2,4-8H,3,12H2,1H3/b4-2+/t8-/m0/s1. The summed E-state index contributed by atoms with van der Waals surface area (Å²) in [7, 11) is 0. The topological polar surface area (TPSA) is 38.9 Å². The van der Waals surface area contributed by atoms with Crippen LogP contribution in [0.25, 0.3) is 6.08 Å². The highest BCUT2D eigenvalue weighted by atomic mass is 35.5. The number of nitrogens with zero attached hydrogens (tertiary/aromatic N) is 1. The Kier molecular flexibility index (Phi) is 3.93. The van der Waals surface area contributed by atoms with Crippen molar-refractivity contribution in [2.24, 2.45) is 5.73 Å². The zero-order valence-electron chi connectivity index (χ0n) is 7.57. The number of pyridine rings is 1. The predicted octanol–water partition coefficient (Wildman–Crippen LogP) is 2.49. The van der Waals surface area contributed by atoms with E-state index in [0.717, 1.165) is 12.0 Å². The normalized spacial score (nSPS) is 13.5. The van der Waals surface area contributed by atoms with Gasteiger partial charge in [-0.1, -0.05) is 23.8 Å². The van der Waals surface area contributed by atoms with E-state index in [0.29, 0.717) is 5.02 Å². The summed E-state index contributed by atoms with van der Waals surface area (Å²) in [5.41, 5.74) is 6.60. The first-order chi connectivity index (χ1) is 6.18. The minimum Gasteiger partial charge on any atom is -0.328 e. The van der Waals surface area contributed by atoms with E-state index in [4.69, 9.17) is 17.3 Å². The fourth-order valence-corrected chi connectivity index (χ4v) is 1.12. The van der Waals surface area contributed by atoms with Crippen LogP contribution in [0.2, 0.25) is 5.02 Å². The molecule has 3 heteroatoms. The molecule has 1 rings (SSSR count). The van der Waals surface area contributed by atoms with Crippen LogP contribution in [-0.2, 0) is 0 Å². The highest BCUT2D eigenvalue weighted by molar-refractivity contribution is 6.30. The van der Waals surface area contributed by atoms with Gasteiger partial charge in [-0.2, -0.15) is 0 Å². The second kappa shape index (κ2) is 5.00. The highest BCUT2D eigenvalue weighted by Gasteiger charge is 1.91. The molecule has 0 unspecified atom stereocenters. The SMILES string of the molecule is C[C@H](N)C/C=C/c1cncc(Cl)c1. The van der Waals surface area contributed by atoms with E-state index in [-0.39, 0.29) is 6.04 Å². The molecule has 0 bridgehead atoms. The van der Waals surface area contributed by atoms with Crippen molar-refractivity contribution in [2.75, 3.05) is 0 Å². The van der Waals surface area contributed by atoms with Gasteiger partial charge in [-0.05, 0) is 25.0 Å². The van der Waals surface area contributed by atoms with E-state index >= 15 is 0 Å². The average Bonchev–Trinajstić information content (AvgIpc) is 2.03. The Bertz CT molecular complexity index is 295. The number of halogens is 1. The summed E-state index contributed by atoms with van der Waals surface area (Å²) in [4.78, 5) is 3.97. The number of aromatic nitrogens is 1. The molecule has 1 aromatic rings. The van der Waals surface area contributed by atoms with Crippen LogP contribution in [0.4, 0.5) is 0 Å². The second-order valence-electron chi connectivity index (χ2n) is 3.05. The first-order valence-corrected chi connectivity index (χ1v) is 4.59. The van der Waals surface area contributed by atoms with Gasteiger partial charge in [0, 0.05) is 18.4 Å². The maximum Gasteiger partial charge on any atom is 0.0595 e. The molecule has 1 heterocycles. The summed E-state index contributed by atoms with van der Waals surface area (Å²) in [6, 6.07) is 2.06. The molecular weight excluding hydrogens is 184 g/mol. The van der Waals surface area contributed by atoms with Crippen LogP contribution in [0.1, 0.15) is 18.9 Å². The van der Waals surface area contributed by atoms with Gasteiger partial charge < -0.3 is 5.73 Å². The molecule has 0 aliphatic heterocycles. The quantitative estimate of drug-likeness (QED) is 0.807. The van der Waals surface area contributed by atoms with Crippen LogP contribution in [0, 0.1) is 0 Å². The van der Waals surface area contributed by atoms with Crippen LogP contribution in [0.15, 0.2) is 24.5 Å². The maximum absolute atomic E-state index is 5.77. The molecule has 0 aromatic carbocycles. The lowest BCUT2D eigenvalue weighted by molar-refractivity contribution is 0.759. The third-order valence-electron chi connectivity index (χ3n) is 1.54. The molecular formula is C10H13ClN2. The smallest absolute Gasteiger partial charge is 0.0595 e. The van der Waals surface area contributed by atoms with E-state index in [9.17, 15) is 0 Å². The number of nitrogens with two attached hydrogens (primary N) is 1. The van der Waals surface area contributed by atoms with Crippen LogP contribution >= 0.6 is 11.6 Å². The summed E-state index contributed by atoms with van der Waals surface area (Å²) in [6.45, 7) is 1.97. The van der Waals surface area contributed by atoms with Crippen molar-refractivity contribution in [2.45, 2.75) is 19.4 Å². The lowest BCUT2D eigenvalue weighted by Gasteiger charge is -1.97. The molecule has 0 aliphatic carbocycles. The summed E-state index contributed by atoms with van der Waals surface area (Å²) >= 11 is 5.77. The molecule has 70 valence electrons. The third kappa shape index (κ3) is 4.06. The molecule has 0 saturated carbocycles. The number of hydrogen-bond donors (Lipinski definition) is 1. The van der Waals surface area contributed by atoms with E-state index < -0.39 is 0 Å². The van der Waals surface area contributed by atoms with Gasteiger partial charge in [-0.15, -0.1) is 0 Å². The Labute approximate surface area is 83.4 Å². The van der Waals surface area contributed by atoms with Crippen molar-refractivity contribution < 1.29 is 0 Å². The van der Waals surface area contributed by atoms with Gasteiger partial charge in [-0.3, -0.25) is 4.98 Å². The van der Waals surface area contributed by atoms with Gasteiger partial charge in [-0.25, -0.2) is 0 Å². The van der Waals surface area contributed by atoms with E-state index in [1.54, 1.807) is 12.4 Å². The molecule has 1 atom stereocenters. The van der Waals surface area contributed by atoms with Crippen molar-refractivity contribution in [1.29, 1.82) is 0 Å². The molecule has 13 heavy (non-hydrogen) atoms. The third-order valence-corrected chi connectivity index (χ3v) is 1.75. The van der Waals surface area contributed by atoms with Gasteiger partial charge in [0.25, 0.3) is 0 Å². The van der Waals surface area contributed by atoms with Crippen LogP contribution in [0.3, 0.4) is 0 Å². The van der Waals surface area contributed by atoms with Gasteiger partial charge in [0.1, 0.15) is 0 Å². The molecule has 0 aliphatic rings. The zero-order valence-corrected chi connectivity index (χ0v) is 8.33. The van der Waals surface area contributed by atoms with Gasteiger partial charge in [0.15, 0.2) is 0 Å². The van der Waals surface area contributed by atoms with Crippen LogP contribution < -0.4 is 5.73 Å². The van der Waals surface area contributed by atoms with E-state index in [2.05, 4.69) is 4.98 Å². The molecule has 0 saturated heterocycles. The second-order valence-corrected chi connectivity index (χ2v) is 3.49. The molecule has 2 N–H and O–H groups in total. The summed E-state index contributed by atoms with van der Waals surface area (Å²) in [6.07, 6.45) is 8.25. The molecule has 0 spiro atoms. The van der Waals surface area contributed by atoms with Gasteiger partial charge in [0.05, 0.1) is 5.02 Å². The lowest BCUT2D eigenvalue weighted by Crippen LogP contribution is -2.12. The Balaban J connectivity index is 2.58. The van der Waals surface area contributed by atoms with Crippen molar-refractivity contribution >= 4 is 17.7 Å². The fraction of sp³-hybridized carbons (Fsp3) is 0.300. The molecule has 2 nitrogen and oxygen atoms in total. The Hall–Kier alpha value is -0.860. The first-order valence-electron chi connectivity index (χ1n) is 4.21. The lowest BCUT2D eigenvalue weighted by atomic mass is 10.2.